The lowest BCUT2D eigenvalue weighted by molar-refractivity contribution is 0.0941. The van der Waals surface area contributed by atoms with Crippen LogP contribution in [0, 0.1) is 0 Å². The number of hydrogen-bond acceptors (Lipinski definition) is 3. The fraction of sp³-hybridized carbons (Fsp3) is 0.600. The molecule has 2 atom stereocenters. The molecule has 3 heteroatoms. The molecule has 0 bridgehead atoms. The molecule has 0 aliphatic carbocycles. The van der Waals surface area contributed by atoms with Gasteiger partial charge in [-0.15, -0.1) is 11.8 Å². The lowest BCUT2D eigenvalue weighted by Crippen LogP contribution is -2.06. The third-order valence-corrected chi connectivity index (χ3v) is 4.34. The molecule has 1 N–H and O–H groups in total. The summed E-state index contributed by atoms with van der Waals surface area (Å²) in [6.45, 7) is 0.919. The Bertz CT molecular complexity index is 361. The van der Waals surface area contributed by atoms with Crippen molar-refractivity contribution in [1.82, 2.24) is 0 Å². The molecular formula is C15H22O2S. The van der Waals surface area contributed by atoms with Crippen molar-refractivity contribution in [2.45, 2.75) is 49.2 Å². The molecule has 1 saturated heterocycles. The summed E-state index contributed by atoms with van der Waals surface area (Å²) < 4.78 is 5.60. The van der Waals surface area contributed by atoms with E-state index in [1.165, 1.54) is 17.7 Å². The highest BCUT2D eigenvalue weighted by molar-refractivity contribution is 7.98. The maximum absolute atomic E-state index is 10.3. The van der Waals surface area contributed by atoms with E-state index in [1.54, 1.807) is 11.8 Å². The lowest BCUT2D eigenvalue weighted by atomic mass is 10.0. The Morgan fingerprint density at radius 1 is 1.44 bits per heavy atom. The second kappa shape index (κ2) is 7.17. The summed E-state index contributed by atoms with van der Waals surface area (Å²) in [4.78, 5) is 1.18. The van der Waals surface area contributed by atoms with Crippen molar-refractivity contribution >= 4 is 11.8 Å². The summed E-state index contributed by atoms with van der Waals surface area (Å²) in [6, 6.07) is 8.12. The predicted octanol–water partition coefficient (Wildman–Crippen LogP) is 3.79. The normalized spacial score (nSPS) is 21.1. The van der Waals surface area contributed by atoms with Crippen molar-refractivity contribution in [2.75, 3.05) is 12.9 Å². The molecule has 1 heterocycles. The highest BCUT2D eigenvalue weighted by Crippen LogP contribution is 2.29. The summed E-state index contributed by atoms with van der Waals surface area (Å²) in [7, 11) is 0. The lowest BCUT2D eigenvalue weighted by Gasteiger charge is -2.15. The molecule has 2 nitrogen and oxygen atoms in total. The van der Waals surface area contributed by atoms with Crippen LogP contribution in [0.25, 0.3) is 0 Å². The largest absolute Gasteiger partial charge is 0.388 e. The van der Waals surface area contributed by atoms with Gasteiger partial charge in [0.25, 0.3) is 0 Å². The second-order valence-corrected chi connectivity index (χ2v) is 5.67. The van der Waals surface area contributed by atoms with Crippen LogP contribution in [-0.2, 0) is 4.74 Å². The van der Waals surface area contributed by atoms with Crippen LogP contribution in [0.2, 0.25) is 0 Å². The second-order valence-electron chi connectivity index (χ2n) is 4.82. The van der Waals surface area contributed by atoms with Crippen molar-refractivity contribution in [1.29, 1.82) is 0 Å². The van der Waals surface area contributed by atoms with E-state index in [-0.39, 0.29) is 6.10 Å². The molecule has 2 rings (SSSR count). The van der Waals surface area contributed by atoms with E-state index in [9.17, 15) is 5.11 Å². The highest BCUT2D eigenvalue weighted by atomic mass is 32.2. The number of ether oxygens (including phenoxy) is 1. The summed E-state index contributed by atoms with van der Waals surface area (Å²) in [5, 5.41) is 10.3. The van der Waals surface area contributed by atoms with Crippen molar-refractivity contribution in [2.24, 2.45) is 0 Å². The Balaban J connectivity index is 1.81. The molecule has 1 aliphatic rings. The first kappa shape index (κ1) is 13.9. The zero-order chi connectivity index (χ0) is 12.8. The monoisotopic (exact) mass is 266 g/mol. The summed E-state index contributed by atoms with van der Waals surface area (Å²) >= 11 is 1.70. The molecule has 1 aliphatic heterocycles. The topological polar surface area (TPSA) is 29.5 Å². The van der Waals surface area contributed by atoms with Gasteiger partial charge in [0.15, 0.2) is 0 Å². The van der Waals surface area contributed by atoms with Crippen LogP contribution in [0.15, 0.2) is 29.2 Å². The van der Waals surface area contributed by atoms with Crippen molar-refractivity contribution in [3.8, 4) is 0 Å². The van der Waals surface area contributed by atoms with Gasteiger partial charge in [-0.25, -0.2) is 0 Å². The summed E-state index contributed by atoms with van der Waals surface area (Å²) in [6.07, 6.45) is 7.49. The van der Waals surface area contributed by atoms with Crippen LogP contribution in [0.1, 0.15) is 43.8 Å². The van der Waals surface area contributed by atoms with Gasteiger partial charge in [0.05, 0.1) is 12.2 Å². The Hall–Kier alpha value is -0.510. The number of rotatable bonds is 6. The molecule has 1 aromatic carbocycles. The molecule has 1 fully saturated rings. The molecule has 0 radical (unpaired) electrons. The van der Waals surface area contributed by atoms with Crippen molar-refractivity contribution < 1.29 is 9.84 Å². The van der Waals surface area contributed by atoms with E-state index in [0.717, 1.165) is 31.4 Å². The molecule has 2 unspecified atom stereocenters. The van der Waals surface area contributed by atoms with E-state index in [0.29, 0.717) is 6.10 Å². The average molecular weight is 266 g/mol. The van der Waals surface area contributed by atoms with Gasteiger partial charge in [-0.2, -0.15) is 0 Å². The van der Waals surface area contributed by atoms with E-state index in [2.05, 4.69) is 12.3 Å². The molecule has 18 heavy (non-hydrogen) atoms. The molecule has 1 aromatic rings. The fourth-order valence-corrected chi connectivity index (χ4v) is 3.16. The maximum atomic E-state index is 10.3. The van der Waals surface area contributed by atoms with Gasteiger partial charge in [-0.05, 0) is 50.0 Å². The Morgan fingerprint density at radius 3 is 3.00 bits per heavy atom. The van der Waals surface area contributed by atoms with Crippen LogP contribution in [0.4, 0.5) is 0 Å². The summed E-state index contributed by atoms with van der Waals surface area (Å²) in [5.41, 5.74) is 1.07. The third kappa shape index (κ3) is 3.74. The van der Waals surface area contributed by atoms with Crippen LogP contribution in [0.3, 0.4) is 0 Å². The van der Waals surface area contributed by atoms with E-state index >= 15 is 0 Å². The first-order chi connectivity index (χ1) is 8.81. The van der Waals surface area contributed by atoms with Gasteiger partial charge in [0, 0.05) is 11.5 Å². The Morgan fingerprint density at radius 2 is 2.28 bits per heavy atom. The Kier molecular flexibility index (Phi) is 5.54. The molecule has 0 aromatic heterocycles. The number of aliphatic hydroxyl groups excluding tert-OH is 1. The SMILES string of the molecule is CSc1ccccc1C(O)CCCC1CCCO1. The molecular weight excluding hydrogens is 244 g/mol. The van der Waals surface area contributed by atoms with E-state index < -0.39 is 0 Å². The van der Waals surface area contributed by atoms with Gasteiger partial charge in [-0.3, -0.25) is 0 Å². The van der Waals surface area contributed by atoms with Crippen LogP contribution >= 0.6 is 11.8 Å². The molecule has 0 saturated carbocycles. The molecule has 0 amide bonds. The zero-order valence-corrected chi connectivity index (χ0v) is 11.8. The van der Waals surface area contributed by atoms with E-state index in [1.807, 2.05) is 18.2 Å². The predicted molar refractivity (Wildman–Crippen MR) is 76.0 cm³/mol. The number of aliphatic hydroxyl groups is 1. The van der Waals surface area contributed by atoms with Gasteiger partial charge < -0.3 is 9.84 Å². The average Bonchev–Trinajstić information content (AvgIpc) is 2.91. The van der Waals surface area contributed by atoms with Gasteiger partial charge in [-0.1, -0.05) is 18.2 Å². The minimum atomic E-state index is -0.338. The van der Waals surface area contributed by atoms with E-state index in [4.69, 9.17) is 4.74 Å². The first-order valence-electron chi connectivity index (χ1n) is 6.74. The van der Waals surface area contributed by atoms with Crippen molar-refractivity contribution in [3.05, 3.63) is 29.8 Å². The smallest absolute Gasteiger partial charge is 0.0800 e. The highest BCUT2D eigenvalue weighted by Gasteiger charge is 2.16. The first-order valence-corrected chi connectivity index (χ1v) is 7.96. The van der Waals surface area contributed by atoms with Crippen molar-refractivity contribution in [3.63, 3.8) is 0 Å². The zero-order valence-electron chi connectivity index (χ0n) is 11.0. The number of benzene rings is 1. The minimum absolute atomic E-state index is 0.338. The number of thioether (sulfide) groups is 1. The van der Waals surface area contributed by atoms with Gasteiger partial charge in [0.2, 0.25) is 0 Å². The minimum Gasteiger partial charge on any atom is -0.388 e. The third-order valence-electron chi connectivity index (χ3n) is 3.53. The van der Waals surface area contributed by atoms with Crippen LogP contribution in [-0.4, -0.2) is 24.1 Å². The Labute approximate surface area is 114 Å². The maximum Gasteiger partial charge on any atom is 0.0800 e. The quantitative estimate of drug-likeness (QED) is 0.794. The standard InChI is InChI=1S/C15H22O2S/c1-18-15-10-3-2-8-13(15)14(16)9-4-6-12-7-5-11-17-12/h2-3,8,10,12,14,16H,4-7,9,11H2,1H3. The van der Waals surface area contributed by atoms with Gasteiger partial charge >= 0.3 is 0 Å². The number of hydrogen-bond donors (Lipinski definition) is 1. The molecule has 100 valence electrons. The van der Waals surface area contributed by atoms with Crippen LogP contribution < -0.4 is 0 Å². The van der Waals surface area contributed by atoms with Crippen LogP contribution in [0.5, 0.6) is 0 Å². The fourth-order valence-electron chi connectivity index (χ4n) is 2.51. The molecule has 0 spiro atoms. The van der Waals surface area contributed by atoms with Gasteiger partial charge in [0.1, 0.15) is 0 Å². The summed E-state index contributed by atoms with van der Waals surface area (Å²) in [5.74, 6) is 0.